The lowest BCUT2D eigenvalue weighted by molar-refractivity contribution is 0.404. The first kappa shape index (κ1) is 17.4. The Morgan fingerprint density at radius 2 is 1.72 bits per heavy atom. The standard InChI is InChI=1S/C19H20N2O3S/c1-14-7-6-10-16-11-17(19(22)20-18(14)16)13-21(25(2,23)24)12-15-8-4-3-5-9-15/h3-11H,12-13H2,1-2H3,(H,20,22). The van der Waals surface area contributed by atoms with Gasteiger partial charge in [0, 0.05) is 18.7 Å². The van der Waals surface area contributed by atoms with Crippen LogP contribution in [0.15, 0.2) is 59.4 Å². The minimum atomic E-state index is -3.46. The molecule has 0 unspecified atom stereocenters. The summed E-state index contributed by atoms with van der Waals surface area (Å²) in [6.45, 7) is 2.19. The summed E-state index contributed by atoms with van der Waals surface area (Å²) in [5.41, 5.74) is 2.81. The van der Waals surface area contributed by atoms with Gasteiger partial charge in [0.15, 0.2) is 0 Å². The van der Waals surface area contributed by atoms with Crippen molar-refractivity contribution in [3.63, 3.8) is 0 Å². The van der Waals surface area contributed by atoms with Crippen LogP contribution in [0.25, 0.3) is 10.9 Å². The summed E-state index contributed by atoms with van der Waals surface area (Å²) in [5.74, 6) is 0. The molecule has 0 fully saturated rings. The molecule has 5 nitrogen and oxygen atoms in total. The Morgan fingerprint density at radius 3 is 2.40 bits per heavy atom. The SMILES string of the molecule is Cc1cccc2cc(CN(Cc3ccccc3)S(C)(=O)=O)c(=O)[nH]c12. The van der Waals surface area contributed by atoms with E-state index in [4.69, 9.17) is 0 Å². The summed E-state index contributed by atoms with van der Waals surface area (Å²) in [5, 5.41) is 0.891. The summed E-state index contributed by atoms with van der Waals surface area (Å²) in [6, 6.07) is 16.9. The van der Waals surface area contributed by atoms with Gasteiger partial charge in [-0.3, -0.25) is 4.79 Å². The van der Waals surface area contributed by atoms with Crippen LogP contribution in [-0.4, -0.2) is 24.0 Å². The summed E-state index contributed by atoms with van der Waals surface area (Å²) in [4.78, 5) is 15.3. The molecule has 2 aromatic carbocycles. The lowest BCUT2D eigenvalue weighted by atomic mass is 10.1. The van der Waals surface area contributed by atoms with E-state index in [-0.39, 0.29) is 18.6 Å². The highest BCUT2D eigenvalue weighted by Gasteiger charge is 2.19. The van der Waals surface area contributed by atoms with Gasteiger partial charge in [-0.05, 0) is 29.5 Å². The molecule has 0 radical (unpaired) electrons. The fourth-order valence-electron chi connectivity index (χ4n) is 2.81. The van der Waals surface area contributed by atoms with Gasteiger partial charge in [-0.25, -0.2) is 8.42 Å². The molecular formula is C19H20N2O3S. The predicted molar refractivity (Wildman–Crippen MR) is 99.8 cm³/mol. The average Bonchev–Trinajstić information content (AvgIpc) is 2.56. The van der Waals surface area contributed by atoms with Crippen LogP contribution < -0.4 is 5.56 Å². The second kappa shape index (κ2) is 6.82. The first-order valence-corrected chi connectivity index (χ1v) is 9.80. The molecule has 3 aromatic rings. The molecule has 6 heteroatoms. The van der Waals surface area contributed by atoms with Crippen molar-refractivity contribution in [3.05, 3.63) is 81.6 Å². The van der Waals surface area contributed by atoms with Crippen molar-refractivity contribution >= 4 is 20.9 Å². The van der Waals surface area contributed by atoms with Gasteiger partial charge in [0.1, 0.15) is 0 Å². The quantitative estimate of drug-likeness (QED) is 0.764. The Morgan fingerprint density at radius 1 is 1.00 bits per heavy atom. The van der Waals surface area contributed by atoms with Crippen molar-refractivity contribution in [1.29, 1.82) is 0 Å². The molecular weight excluding hydrogens is 336 g/mol. The lowest BCUT2D eigenvalue weighted by Crippen LogP contribution is -2.31. The molecule has 0 saturated heterocycles. The topological polar surface area (TPSA) is 70.2 Å². The van der Waals surface area contributed by atoms with Gasteiger partial charge in [0.25, 0.3) is 5.56 Å². The molecule has 130 valence electrons. The van der Waals surface area contributed by atoms with E-state index in [1.54, 1.807) is 6.07 Å². The predicted octanol–water partition coefficient (Wildman–Crippen LogP) is 2.80. The van der Waals surface area contributed by atoms with Gasteiger partial charge in [-0.1, -0.05) is 48.5 Å². The van der Waals surface area contributed by atoms with Crippen molar-refractivity contribution in [1.82, 2.24) is 9.29 Å². The van der Waals surface area contributed by atoms with E-state index < -0.39 is 10.0 Å². The minimum absolute atomic E-state index is 0.0347. The average molecular weight is 356 g/mol. The van der Waals surface area contributed by atoms with Gasteiger partial charge in [-0.2, -0.15) is 4.31 Å². The fraction of sp³-hybridized carbons (Fsp3) is 0.211. The first-order valence-electron chi connectivity index (χ1n) is 7.95. The van der Waals surface area contributed by atoms with E-state index in [2.05, 4.69) is 4.98 Å². The van der Waals surface area contributed by atoms with Crippen LogP contribution in [0.4, 0.5) is 0 Å². The van der Waals surface area contributed by atoms with E-state index in [1.165, 1.54) is 4.31 Å². The summed E-state index contributed by atoms with van der Waals surface area (Å²) >= 11 is 0. The second-order valence-electron chi connectivity index (χ2n) is 6.18. The highest BCUT2D eigenvalue weighted by molar-refractivity contribution is 7.88. The van der Waals surface area contributed by atoms with Crippen LogP contribution in [0.1, 0.15) is 16.7 Å². The number of aromatic nitrogens is 1. The zero-order valence-corrected chi connectivity index (χ0v) is 15.0. The van der Waals surface area contributed by atoms with E-state index in [0.29, 0.717) is 5.56 Å². The molecule has 1 N–H and O–H groups in total. The van der Waals surface area contributed by atoms with Gasteiger partial charge in [0.2, 0.25) is 10.0 Å². The molecule has 0 aliphatic carbocycles. The maximum absolute atomic E-state index is 12.4. The molecule has 0 aliphatic rings. The van der Waals surface area contributed by atoms with Crippen LogP contribution in [0, 0.1) is 6.92 Å². The minimum Gasteiger partial charge on any atom is -0.321 e. The van der Waals surface area contributed by atoms with Crippen LogP contribution in [0.3, 0.4) is 0 Å². The Labute approximate surface area is 147 Å². The zero-order chi connectivity index (χ0) is 18.0. The third-order valence-corrected chi connectivity index (χ3v) is 5.38. The second-order valence-corrected chi connectivity index (χ2v) is 8.16. The molecule has 0 amide bonds. The highest BCUT2D eigenvalue weighted by Crippen LogP contribution is 2.17. The Balaban J connectivity index is 1.98. The van der Waals surface area contributed by atoms with Crippen LogP contribution in [0.2, 0.25) is 0 Å². The number of H-pyrrole nitrogens is 1. The Kier molecular flexibility index (Phi) is 4.74. The number of nitrogens with zero attached hydrogens (tertiary/aromatic N) is 1. The largest absolute Gasteiger partial charge is 0.321 e. The van der Waals surface area contributed by atoms with Crippen molar-refractivity contribution in [2.24, 2.45) is 0 Å². The number of benzene rings is 2. The highest BCUT2D eigenvalue weighted by atomic mass is 32.2. The van der Waals surface area contributed by atoms with Crippen molar-refractivity contribution in [3.8, 4) is 0 Å². The normalized spacial score (nSPS) is 12.0. The maximum Gasteiger partial charge on any atom is 0.252 e. The number of sulfonamides is 1. The third-order valence-electron chi connectivity index (χ3n) is 4.18. The molecule has 3 rings (SSSR count). The van der Waals surface area contributed by atoms with Gasteiger partial charge in [0.05, 0.1) is 11.8 Å². The van der Waals surface area contributed by atoms with Crippen molar-refractivity contribution in [2.75, 3.05) is 6.26 Å². The molecule has 0 spiro atoms. The number of pyridine rings is 1. The molecule has 0 bridgehead atoms. The third kappa shape index (κ3) is 3.97. The van der Waals surface area contributed by atoms with Gasteiger partial charge >= 0.3 is 0 Å². The Hall–Kier alpha value is -2.44. The summed E-state index contributed by atoms with van der Waals surface area (Å²) in [6.07, 6.45) is 1.16. The molecule has 0 atom stereocenters. The maximum atomic E-state index is 12.4. The summed E-state index contributed by atoms with van der Waals surface area (Å²) in [7, 11) is -3.46. The number of para-hydroxylation sites is 1. The van der Waals surface area contributed by atoms with Crippen molar-refractivity contribution in [2.45, 2.75) is 20.0 Å². The number of hydrogen-bond donors (Lipinski definition) is 1. The molecule has 0 aliphatic heterocycles. The van der Waals surface area contributed by atoms with Crippen LogP contribution in [-0.2, 0) is 23.1 Å². The molecule has 1 aromatic heterocycles. The van der Waals surface area contributed by atoms with E-state index in [0.717, 1.165) is 28.3 Å². The fourth-order valence-corrected chi connectivity index (χ4v) is 3.57. The number of rotatable bonds is 5. The van der Waals surface area contributed by atoms with E-state index in [9.17, 15) is 13.2 Å². The zero-order valence-electron chi connectivity index (χ0n) is 14.2. The molecule has 25 heavy (non-hydrogen) atoms. The van der Waals surface area contributed by atoms with E-state index in [1.807, 2.05) is 55.5 Å². The first-order chi connectivity index (χ1) is 11.8. The molecule has 0 saturated carbocycles. The molecule has 1 heterocycles. The van der Waals surface area contributed by atoms with Gasteiger partial charge < -0.3 is 4.98 Å². The lowest BCUT2D eigenvalue weighted by Gasteiger charge is -2.20. The smallest absolute Gasteiger partial charge is 0.252 e. The van der Waals surface area contributed by atoms with Gasteiger partial charge in [-0.15, -0.1) is 0 Å². The monoisotopic (exact) mass is 356 g/mol. The summed E-state index contributed by atoms with van der Waals surface area (Å²) < 4.78 is 25.7. The van der Waals surface area contributed by atoms with Crippen LogP contribution in [0.5, 0.6) is 0 Å². The van der Waals surface area contributed by atoms with Crippen LogP contribution >= 0.6 is 0 Å². The number of hydrogen-bond acceptors (Lipinski definition) is 3. The van der Waals surface area contributed by atoms with E-state index >= 15 is 0 Å². The number of nitrogens with one attached hydrogen (secondary N) is 1. The Bertz CT molecular complexity index is 1060. The number of aryl methyl sites for hydroxylation is 1. The van der Waals surface area contributed by atoms with Crippen molar-refractivity contribution < 1.29 is 8.42 Å². The number of fused-ring (bicyclic) bond motifs is 1. The number of aromatic amines is 1.